The van der Waals surface area contributed by atoms with Gasteiger partial charge < -0.3 is 9.64 Å². The Labute approximate surface area is 107 Å². The van der Waals surface area contributed by atoms with Crippen LogP contribution in [0.3, 0.4) is 0 Å². The Bertz CT molecular complexity index is 422. The van der Waals surface area contributed by atoms with E-state index in [1.54, 1.807) is 12.1 Å². The molecule has 5 heteroatoms. The second-order valence-corrected chi connectivity index (χ2v) is 4.67. The van der Waals surface area contributed by atoms with Crippen LogP contribution in [0.4, 0.5) is 5.69 Å². The molecule has 1 aromatic rings. The molecule has 0 spiro atoms. The first-order valence-electron chi connectivity index (χ1n) is 6.24. The number of ether oxygens (including phenoxy) is 1. The molecule has 1 atom stereocenters. The van der Waals surface area contributed by atoms with E-state index in [0.717, 1.165) is 13.0 Å². The van der Waals surface area contributed by atoms with Gasteiger partial charge in [0.1, 0.15) is 5.75 Å². The van der Waals surface area contributed by atoms with Crippen LogP contribution < -0.4 is 4.74 Å². The van der Waals surface area contributed by atoms with Gasteiger partial charge in [-0.05, 0) is 38.9 Å². The molecule has 0 saturated carbocycles. The van der Waals surface area contributed by atoms with Gasteiger partial charge in [-0.1, -0.05) is 6.07 Å². The molecule has 98 valence electrons. The molecule has 0 unspecified atom stereocenters. The Morgan fingerprint density at radius 2 is 2.39 bits per heavy atom. The van der Waals surface area contributed by atoms with Gasteiger partial charge in [0.2, 0.25) is 0 Å². The molecule has 2 rings (SSSR count). The van der Waals surface area contributed by atoms with Crippen molar-refractivity contribution in [3.05, 3.63) is 34.4 Å². The van der Waals surface area contributed by atoms with Crippen molar-refractivity contribution in [2.24, 2.45) is 0 Å². The van der Waals surface area contributed by atoms with Crippen molar-refractivity contribution in [2.75, 3.05) is 20.2 Å². The first kappa shape index (κ1) is 12.8. The van der Waals surface area contributed by atoms with Gasteiger partial charge in [-0.15, -0.1) is 0 Å². The Hall–Kier alpha value is -1.62. The summed E-state index contributed by atoms with van der Waals surface area (Å²) >= 11 is 0. The molecular formula is C13H18N2O3. The Morgan fingerprint density at radius 1 is 1.56 bits per heavy atom. The van der Waals surface area contributed by atoms with Crippen LogP contribution in [0, 0.1) is 10.1 Å². The van der Waals surface area contributed by atoms with E-state index in [2.05, 4.69) is 11.9 Å². The van der Waals surface area contributed by atoms with Gasteiger partial charge in [0, 0.05) is 12.1 Å². The van der Waals surface area contributed by atoms with Crippen LogP contribution in [0.5, 0.6) is 5.75 Å². The van der Waals surface area contributed by atoms with Gasteiger partial charge in [0.05, 0.1) is 17.6 Å². The predicted molar refractivity (Wildman–Crippen MR) is 68.9 cm³/mol. The molecule has 1 aromatic carbocycles. The van der Waals surface area contributed by atoms with Gasteiger partial charge in [-0.2, -0.15) is 0 Å². The van der Waals surface area contributed by atoms with E-state index in [1.807, 2.05) is 0 Å². The lowest BCUT2D eigenvalue weighted by atomic mass is 10.1. The first-order chi connectivity index (χ1) is 8.66. The molecule has 0 amide bonds. The maximum absolute atomic E-state index is 10.6. The Kier molecular flexibility index (Phi) is 4.15. The smallest absolute Gasteiger partial charge is 0.273 e. The lowest BCUT2D eigenvalue weighted by Crippen LogP contribution is -2.26. The fraction of sp³-hybridized carbons (Fsp3) is 0.538. The second kappa shape index (κ2) is 5.82. The van der Waals surface area contributed by atoms with Crippen LogP contribution in [0.2, 0.25) is 0 Å². The number of rotatable bonds is 5. The number of nitro groups is 1. The minimum Gasteiger partial charge on any atom is -0.493 e. The highest BCUT2D eigenvalue weighted by Gasteiger charge is 2.20. The number of benzene rings is 1. The third kappa shape index (κ3) is 3.20. The normalized spacial score (nSPS) is 19.9. The maximum atomic E-state index is 10.6. The summed E-state index contributed by atoms with van der Waals surface area (Å²) in [5.41, 5.74) is 0.0745. The van der Waals surface area contributed by atoms with E-state index < -0.39 is 4.92 Å². The maximum Gasteiger partial charge on any atom is 0.273 e. The highest BCUT2D eigenvalue weighted by atomic mass is 16.6. The Morgan fingerprint density at radius 3 is 3.06 bits per heavy atom. The van der Waals surface area contributed by atoms with E-state index >= 15 is 0 Å². The third-order valence-electron chi connectivity index (χ3n) is 3.42. The average Bonchev–Trinajstić information content (AvgIpc) is 2.76. The Balaban J connectivity index is 1.83. The lowest BCUT2D eigenvalue weighted by Gasteiger charge is -2.19. The molecule has 0 bridgehead atoms. The van der Waals surface area contributed by atoms with Crippen molar-refractivity contribution in [3.8, 4) is 5.75 Å². The van der Waals surface area contributed by atoms with Crippen molar-refractivity contribution < 1.29 is 9.66 Å². The van der Waals surface area contributed by atoms with E-state index in [-0.39, 0.29) is 5.69 Å². The first-order valence-corrected chi connectivity index (χ1v) is 6.24. The summed E-state index contributed by atoms with van der Waals surface area (Å²) in [4.78, 5) is 12.6. The van der Waals surface area contributed by atoms with Gasteiger partial charge in [0.15, 0.2) is 0 Å². The number of non-ortho nitro benzene ring substituents is 1. The monoisotopic (exact) mass is 250 g/mol. The molecule has 18 heavy (non-hydrogen) atoms. The van der Waals surface area contributed by atoms with Crippen LogP contribution >= 0.6 is 0 Å². The van der Waals surface area contributed by atoms with Crippen molar-refractivity contribution in [1.82, 2.24) is 4.90 Å². The molecule has 1 aliphatic rings. The molecule has 1 aliphatic heterocycles. The van der Waals surface area contributed by atoms with Crippen LogP contribution in [-0.4, -0.2) is 36.1 Å². The average molecular weight is 250 g/mol. The highest BCUT2D eigenvalue weighted by Crippen LogP contribution is 2.21. The lowest BCUT2D eigenvalue weighted by molar-refractivity contribution is -0.384. The molecule has 0 aliphatic carbocycles. The van der Waals surface area contributed by atoms with Gasteiger partial charge in [0.25, 0.3) is 5.69 Å². The van der Waals surface area contributed by atoms with Crippen LogP contribution in [0.1, 0.15) is 19.3 Å². The SMILES string of the molecule is CN1CCC[C@H]1CCOc1cccc([N+](=O)[O-])c1. The molecule has 1 saturated heterocycles. The fourth-order valence-electron chi connectivity index (χ4n) is 2.34. The minimum absolute atomic E-state index is 0.0745. The zero-order valence-electron chi connectivity index (χ0n) is 10.5. The summed E-state index contributed by atoms with van der Waals surface area (Å²) in [5.74, 6) is 0.574. The van der Waals surface area contributed by atoms with Gasteiger partial charge in [-0.25, -0.2) is 0 Å². The molecule has 1 fully saturated rings. The topological polar surface area (TPSA) is 55.6 Å². The zero-order valence-corrected chi connectivity index (χ0v) is 10.5. The second-order valence-electron chi connectivity index (χ2n) is 4.67. The van der Waals surface area contributed by atoms with Crippen LogP contribution in [0.25, 0.3) is 0 Å². The molecule has 1 heterocycles. The zero-order chi connectivity index (χ0) is 13.0. The largest absolute Gasteiger partial charge is 0.493 e. The number of nitro benzene ring substituents is 1. The van der Waals surface area contributed by atoms with E-state index in [4.69, 9.17) is 4.74 Å². The van der Waals surface area contributed by atoms with Crippen LogP contribution in [-0.2, 0) is 0 Å². The third-order valence-corrected chi connectivity index (χ3v) is 3.42. The van der Waals surface area contributed by atoms with Gasteiger partial charge in [-0.3, -0.25) is 10.1 Å². The van der Waals surface area contributed by atoms with E-state index in [0.29, 0.717) is 18.4 Å². The van der Waals surface area contributed by atoms with Gasteiger partial charge >= 0.3 is 0 Å². The molecule has 0 N–H and O–H groups in total. The summed E-state index contributed by atoms with van der Waals surface area (Å²) < 4.78 is 5.58. The molecule has 0 radical (unpaired) electrons. The number of hydrogen-bond acceptors (Lipinski definition) is 4. The number of likely N-dealkylation sites (tertiary alicyclic amines) is 1. The molecular weight excluding hydrogens is 232 g/mol. The standard InChI is InChI=1S/C13H18N2O3/c1-14-8-3-5-11(14)7-9-18-13-6-2-4-12(10-13)15(16)17/h2,4,6,10-11H,3,5,7-9H2,1H3/t11-/m0/s1. The number of nitrogens with zero attached hydrogens (tertiary/aromatic N) is 2. The molecule has 5 nitrogen and oxygen atoms in total. The number of hydrogen-bond donors (Lipinski definition) is 0. The summed E-state index contributed by atoms with van der Waals surface area (Å²) in [7, 11) is 2.13. The predicted octanol–water partition coefficient (Wildman–Crippen LogP) is 2.46. The summed E-state index contributed by atoms with van der Waals surface area (Å²) in [6.07, 6.45) is 3.44. The summed E-state index contributed by atoms with van der Waals surface area (Å²) in [6.45, 7) is 1.76. The quantitative estimate of drug-likeness (QED) is 0.595. The van der Waals surface area contributed by atoms with Crippen molar-refractivity contribution >= 4 is 5.69 Å². The van der Waals surface area contributed by atoms with Crippen molar-refractivity contribution in [2.45, 2.75) is 25.3 Å². The van der Waals surface area contributed by atoms with Crippen molar-refractivity contribution in [3.63, 3.8) is 0 Å². The van der Waals surface area contributed by atoms with Crippen molar-refractivity contribution in [1.29, 1.82) is 0 Å². The summed E-state index contributed by atoms with van der Waals surface area (Å²) in [6, 6.07) is 6.93. The highest BCUT2D eigenvalue weighted by molar-refractivity contribution is 5.37. The minimum atomic E-state index is -0.405. The van der Waals surface area contributed by atoms with E-state index in [1.165, 1.54) is 25.0 Å². The van der Waals surface area contributed by atoms with Crippen LogP contribution in [0.15, 0.2) is 24.3 Å². The summed E-state index contributed by atoms with van der Waals surface area (Å²) in [5, 5.41) is 10.6. The molecule has 0 aromatic heterocycles. The van der Waals surface area contributed by atoms with E-state index in [9.17, 15) is 10.1 Å². The fourth-order valence-corrected chi connectivity index (χ4v) is 2.34.